The maximum atomic E-state index is 3.59. The summed E-state index contributed by atoms with van der Waals surface area (Å²) < 4.78 is 6.23. The third-order valence-electron chi connectivity index (χ3n) is 2.17. The van der Waals surface area contributed by atoms with E-state index >= 15 is 0 Å². The van der Waals surface area contributed by atoms with Gasteiger partial charge in [0.05, 0.1) is 0 Å². The highest BCUT2D eigenvalue weighted by Gasteiger charge is 2.11. The molecule has 0 aliphatic heterocycles. The SMILES string of the molecule is Brc1cc(Br)c(Sc2cc(Br)c(Br)cc2Br)cc1Br. The van der Waals surface area contributed by atoms with Crippen LogP contribution < -0.4 is 0 Å². The van der Waals surface area contributed by atoms with E-state index in [0.717, 1.165) is 36.6 Å². The molecule has 0 heterocycles. The fraction of sp³-hybridized carbons (Fsp3) is 0. The molecule has 2 rings (SSSR count). The van der Waals surface area contributed by atoms with E-state index < -0.39 is 0 Å². The van der Waals surface area contributed by atoms with Crippen LogP contribution in [0.2, 0.25) is 0 Å². The highest BCUT2D eigenvalue weighted by Crippen LogP contribution is 2.43. The number of rotatable bonds is 2. The summed E-state index contributed by atoms with van der Waals surface area (Å²) in [6.45, 7) is 0. The lowest BCUT2D eigenvalue weighted by molar-refractivity contribution is 1.31. The first-order valence-corrected chi connectivity index (χ1v) is 10.4. The molecule has 2 aromatic rings. The molecule has 0 saturated carbocycles. The van der Waals surface area contributed by atoms with Gasteiger partial charge in [-0.25, -0.2) is 0 Å². The predicted octanol–water partition coefficient (Wildman–Crippen LogP) is 8.41. The summed E-state index contributed by atoms with van der Waals surface area (Å²) in [6, 6.07) is 8.24. The molecule has 0 aromatic heterocycles. The standard InChI is InChI=1S/C12H4Br6S/c13-5-1-9(17)11(3-7(5)15)19-12-4-8(16)6(14)2-10(12)18/h1-4H. The Morgan fingerprint density at radius 1 is 0.474 bits per heavy atom. The van der Waals surface area contributed by atoms with Gasteiger partial charge in [0.1, 0.15) is 0 Å². The Kier molecular flexibility index (Phi) is 6.53. The molecule has 7 heteroatoms. The molecule has 0 N–H and O–H groups in total. The quantitative estimate of drug-likeness (QED) is 0.292. The first kappa shape index (κ1) is 17.0. The van der Waals surface area contributed by atoms with E-state index in [1.807, 2.05) is 12.1 Å². The lowest BCUT2D eigenvalue weighted by Gasteiger charge is -2.09. The van der Waals surface area contributed by atoms with Crippen LogP contribution in [-0.2, 0) is 0 Å². The minimum Gasteiger partial charge on any atom is -0.0876 e. The minimum atomic E-state index is 1.03. The molecule has 2 aromatic carbocycles. The Bertz CT molecular complexity index is 585. The van der Waals surface area contributed by atoms with Crippen LogP contribution in [0.3, 0.4) is 0 Å². The van der Waals surface area contributed by atoms with Gasteiger partial charge in [-0.05, 0) is 120 Å². The molecule has 0 saturated heterocycles. The van der Waals surface area contributed by atoms with E-state index in [1.54, 1.807) is 11.8 Å². The molecule has 19 heavy (non-hydrogen) atoms. The largest absolute Gasteiger partial charge is 0.0876 e. The van der Waals surface area contributed by atoms with Crippen molar-refractivity contribution in [3.05, 3.63) is 51.1 Å². The van der Waals surface area contributed by atoms with Gasteiger partial charge >= 0.3 is 0 Å². The molecule has 0 unspecified atom stereocenters. The molecule has 0 fully saturated rings. The first-order chi connectivity index (χ1) is 8.88. The van der Waals surface area contributed by atoms with Crippen molar-refractivity contribution in [1.29, 1.82) is 0 Å². The van der Waals surface area contributed by atoms with Gasteiger partial charge in [-0.3, -0.25) is 0 Å². The van der Waals surface area contributed by atoms with Crippen LogP contribution in [0.15, 0.2) is 60.9 Å². The van der Waals surface area contributed by atoms with E-state index in [2.05, 4.69) is 108 Å². The topological polar surface area (TPSA) is 0 Å². The Balaban J connectivity index is 2.42. The smallest absolute Gasteiger partial charge is 0.0329 e. The van der Waals surface area contributed by atoms with Crippen molar-refractivity contribution >= 4 is 107 Å². The number of hydrogen-bond donors (Lipinski definition) is 0. The van der Waals surface area contributed by atoms with Gasteiger partial charge in [-0.15, -0.1) is 0 Å². The maximum absolute atomic E-state index is 3.59. The molecule has 0 nitrogen and oxygen atoms in total. The van der Waals surface area contributed by atoms with E-state index in [1.165, 1.54) is 0 Å². The molecule has 100 valence electrons. The number of benzene rings is 2. The van der Waals surface area contributed by atoms with Crippen molar-refractivity contribution in [3.63, 3.8) is 0 Å². The normalized spacial score (nSPS) is 10.8. The second-order valence-electron chi connectivity index (χ2n) is 3.50. The van der Waals surface area contributed by atoms with Gasteiger partial charge in [0, 0.05) is 36.6 Å². The summed E-state index contributed by atoms with van der Waals surface area (Å²) in [6.07, 6.45) is 0. The zero-order chi connectivity index (χ0) is 14.2. The molecule has 0 spiro atoms. The summed E-state index contributed by atoms with van der Waals surface area (Å²) in [5.41, 5.74) is 0. The van der Waals surface area contributed by atoms with E-state index in [0.29, 0.717) is 0 Å². The van der Waals surface area contributed by atoms with Crippen molar-refractivity contribution in [1.82, 2.24) is 0 Å². The molecule has 0 atom stereocenters. The average Bonchev–Trinajstić information content (AvgIpc) is 2.32. The van der Waals surface area contributed by atoms with Crippen molar-refractivity contribution in [3.8, 4) is 0 Å². The lowest BCUT2D eigenvalue weighted by Crippen LogP contribution is -1.81. The summed E-state index contributed by atoms with van der Waals surface area (Å²) in [7, 11) is 0. The monoisotopic (exact) mass is 654 g/mol. The van der Waals surface area contributed by atoms with Gasteiger partial charge in [0.25, 0.3) is 0 Å². The number of halogens is 6. The Labute approximate surface area is 166 Å². The van der Waals surface area contributed by atoms with E-state index in [-0.39, 0.29) is 0 Å². The Hall–Kier alpha value is 1.67. The molecule has 0 radical (unpaired) electrons. The molecular weight excluding hydrogens is 656 g/mol. The van der Waals surface area contributed by atoms with Crippen LogP contribution >= 0.6 is 107 Å². The second kappa shape index (κ2) is 7.29. The fourth-order valence-corrected chi connectivity index (χ4v) is 5.65. The van der Waals surface area contributed by atoms with Crippen LogP contribution in [0, 0.1) is 0 Å². The van der Waals surface area contributed by atoms with Gasteiger partial charge in [-0.2, -0.15) is 0 Å². The van der Waals surface area contributed by atoms with E-state index in [9.17, 15) is 0 Å². The molecule has 0 aliphatic rings. The van der Waals surface area contributed by atoms with Crippen LogP contribution in [0.25, 0.3) is 0 Å². The van der Waals surface area contributed by atoms with Crippen molar-refractivity contribution in [2.24, 2.45) is 0 Å². The molecule has 0 aliphatic carbocycles. The molecule has 0 amide bonds. The van der Waals surface area contributed by atoms with Crippen molar-refractivity contribution < 1.29 is 0 Å². The van der Waals surface area contributed by atoms with Crippen molar-refractivity contribution in [2.75, 3.05) is 0 Å². The molecule has 0 bridgehead atoms. The third kappa shape index (κ3) is 4.33. The third-order valence-corrected chi connectivity index (χ3v) is 8.81. The molecular formula is C12H4Br6S. The second-order valence-corrected chi connectivity index (χ2v) is 9.71. The van der Waals surface area contributed by atoms with Crippen LogP contribution in [0.4, 0.5) is 0 Å². The first-order valence-electron chi connectivity index (χ1n) is 4.85. The van der Waals surface area contributed by atoms with Gasteiger partial charge < -0.3 is 0 Å². The zero-order valence-electron chi connectivity index (χ0n) is 8.99. The van der Waals surface area contributed by atoms with Gasteiger partial charge in [-0.1, -0.05) is 11.8 Å². The van der Waals surface area contributed by atoms with Gasteiger partial charge in [0.15, 0.2) is 0 Å². The van der Waals surface area contributed by atoms with Crippen molar-refractivity contribution in [2.45, 2.75) is 9.79 Å². The van der Waals surface area contributed by atoms with Gasteiger partial charge in [0.2, 0.25) is 0 Å². The maximum Gasteiger partial charge on any atom is 0.0329 e. The Morgan fingerprint density at radius 2 is 0.789 bits per heavy atom. The predicted molar refractivity (Wildman–Crippen MR) is 103 cm³/mol. The highest BCUT2D eigenvalue weighted by atomic mass is 79.9. The summed E-state index contributed by atoms with van der Waals surface area (Å²) >= 11 is 22.9. The fourth-order valence-electron chi connectivity index (χ4n) is 1.28. The summed E-state index contributed by atoms with van der Waals surface area (Å²) in [4.78, 5) is 2.29. The van der Waals surface area contributed by atoms with Crippen LogP contribution in [-0.4, -0.2) is 0 Å². The summed E-state index contributed by atoms with van der Waals surface area (Å²) in [5.74, 6) is 0. The van der Waals surface area contributed by atoms with Crippen LogP contribution in [0.5, 0.6) is 0 Å². The highest BCUT2D eigenvalue weighted by molar-refractivity contribution is 9.13. The lowest BCUT2D eigenvalue weighted by atomic mass is 10.4. The zero-order valence-corrected chi connectivity index (χ0v) is 19.3. The van der Waals surface area contributed by atoms with E-state index in [4.69, 9.17) is 0 Å². The van der Waals surface area contributed by atoms with Crippen LogP contribution in [0.1, 0.15) is 0 Å². The Morgan fingerprint density at radius 3 is 1.16 bits per heavy atom. The average molecular weight is 660 g/mol. The number of hydrogen-bond acceptors (Lipinski definition) is 1. The summed E-state index contributed by atoms with van der Waals surface area (Å²) in [5, 5.41) is 0. The minimum absolute atomic E-state index is 1.03.